The van der Waals surface area contributed by atoms with Crippen molar-refractivity contribution in [3.05, 3.63) is 12.7 Å². The zero-order chi connectivity index (χ0) is 14.0. The normalized spacial score (nSPS) is 19.6. The first-order valence-corrected chi connectivity index (χ1v) is 7.92. The van der Waals surface area contributed by atoms with E-state index < -0.39 is 10.2 Å². The first kappa shape index (κ1) is 14.4. The van der Waals surface area contributed by atoms with E-state index in [-0.39, 0.29) is 12.1 Å². The van der Waals surface area contributed by atoms with Crippen molar-refractivity contribution in [1.29, 1.82) is 0 Å². The fourth-order valence-electron chi connectivity index (χ4n) is 2.08. The maximum Gasteiger partial charge on any atom is 0.279 e. The van der Waals surface area contributed by atoms with E-state index in [1.807, 2.05) is 13.8 Å². The highest BCUT2D eigenvalue weighted by atomic mass is 32.2. The summed E-state index contributed by atoms with van der Waals surface area (Å²) in [4.78, 5) is 3.83. The van der Waals surface area contributed by atoms with Crippen molar-refractivity contribution in [1.82, 2.24) is 23.8 Å². The van der Waals surface area contributed by atoms with Gasteiger partial charge in [0.05, 0.1) is 6.54 Å². The molecule has 0 unspecified atom stereocenters. The van der Waals surface area contributed by atoms with Crippen LogP contribution in [0.4, 0.5) is 0 Å². The lowest BCUT2D eigenvalue weighted by Gasteiger charge is -2.26. The molecule has 1 N–H and O–H groups in total. The van der Waals surface area contributed by atoms with E-state index >= 15 is 0 Å². The van der Waals surface area contributed by atoms with Gasteiger partial charge in [-0.05, 0) is 32.6 Å². The zero-order valence-corrected chi connectivity index (χ0v) is 12.3. The molecule has 0 aliphatic heterocycles. The molecule has 0 amide bonds. The van der Waals surface area contributed by atoms with E-state index in [9.17, 15) is 8.42 Å². The maximum atomic E-state index is 12.2. The molecular weight excluding hydrogens is 266 g/mol. The smallest absolute Gasteiger partial charge is 0.251 e. The van der Waals surface area contributed by atoms with E-state index in [0.29, 0.717) is 12.5 Å². The number of hydrogen-bond acceptors (Lipinski definition) is 4. The highest BCUT2D eigenvalue weighted by Gasteiger charge is 2.35. The van der Waals surface area contributed by atoms with Crippen molar-refractivity contribution in [2.75, 3.05) is 7.05 Å². The minimum absolute atomic E-state index is 0.0519. The standard InChI is InChI=1S/C11H21N5O2S/c1-9(6-16-8-12-7-13-16)14-19(17,18)15(3)10(2)11-4-5-11/h7-11,14H,4-6H2,1-3H3/t9-,10-/m1/s1. The van der Waals surface area contributed by atoms with Crippen molar-refractivity contribution in [2.45, 2.75) is 45.3 Å². The molecule has 1 fully saturated rings. The molecule has 1 aromatic rings. The summed E-state index contributed by atoms with van der Waals surface area (Å²) in [5.74, 6) is 0.507. The van der Waals surface area contributed by atoms with Gasteiger partial charge in [-0.3, -0.25) is 4.68 Å². The van der Waals surface area contributed by atoms with E-state index in [1.54, 1.807) is 18.1 Å². The monoisotopic (exact) mass is 287 g/mol. The summed E-state index contributed by atoms with van der Waals surface area (Å²) in [6.07, 6.45) is 5.24. The fourth-order valence-corrected chi connectivity index (χ4v) is 3.44. The highest BCUT2D eigenvalue weighted by Crippen LogP contribution is 2.35. The van der Waals surface area contributed by atoms with Gasteiger partial charge in [0.15, 0.2) is 0 Å². The number of aromatic nitrogens is 3. The largest absolute Gasteiger partial charge is 0.279 e. The van der Waals surface area contributed by atoms with Crippen LogP contribution in [0.3, 0.4) is 0 Å². The summed E-state index contributed by atoms with van der Waals surface area (Å²) < 4.78 is 30.1. The quantitative estimate of drug-likeness (QED) is 0.778. The third kappa shape index (κ3) is 3.74. The van der Waals surface area contributed by atoms with Crippen molar-refractivity contribution in [3.8, 4) is 0 Å². The van der Waals surface area contributed by atoms with Crippen LogP contribution in [0.2, 0.25) is 0 Å². The summed E-state index contributed by atoms with van der Waals surface area (Å²) in [7, 11) is -1.81. The molecule has 0 saturated heterocycles. The van der Waals surface area contributed by atoms with Gasteiger partial charge in [-0.15, -0.1) is 0 Å². The third-order valence-electron chi connectivity index (χ3n) is 3.53. The molecule has 7 nitrogen and oxygen atoms in total. The van der Waals surface area contributed by atoms with E-state index in [2.05, 4.69) is 14.8 Å². The second kappa shape index (κ2) is 5.56. The van der Waals surface area contributed by atoms with Gasteiger partial charge >= 0.3 is 0 Å². The van der Waals surface area contributed by atoms with Crippen LogP contribution in [0.15, 0.2) is 12.7 Å². The van der Waals surface area contributed by atoms with E-state index in [0.717, 1.165) is 12.8 Å². The maximum absolute atomic E-state index is 12.2. The van der Waals surface area contributed by atoms with Gasteiger partial charge < -0.3 is 0 Å². The Bertz CT molecular complexity index is 497. The van der Waals surface area contributed by atoms with Crippen LogP contribution >= 0.6 is 0 Å². The fraction of sp³-hybridized carbons (Fsp3) is 0.818. The molecule has 2 rings (SSSR count). The topological polar surface area (TPSA) is 80.1 Å². The minimum Gasteiger partial charge on any atom is -0.251 e. The van der Waals surface area contributed by atoms with Crippen LogP contribution in [0.1, 0.15) is 26.7 Å². The Morgan fingerprint density at radius 2 is 2.16 bits per heavy atom. The Morgan fingerprint density at radius 1 is 1.47 bits per heavy atom. The SMILES string of the molecule is C[C@H](Cn1cncn1)NS(=O)(=O)N(C)[C@H](C)C1CC1. The van der Waals surface area contributed by atoms with Crippen LogP contribution in [-0.2, 0) is 16.8 Å². The lowest BCUT2D eigenvalue weighted by Crippen LogP contribution is -2.47. The van der Waals surface area contributed by atoms with Crippen molar-refractivity contribution in [3.63, 3.8) is 0 Å². The van der Waals surface area contributed by atoms with Gasteiger partial charge in [-0.25, -0.2) is 4.98 Å². The van der Waals surface area contributed by atoms with Gasteiger partial charge in [0.2, 0.25) is 0 Å². The summed E-state index contributed by atoms with van der Waals surface area (Å²) in [5, 5.41) is 3.96. The van der Waals surface area contributed by atoms with Crippen molar-refractivity contribution < 1.29 is 8.42 Å². The summed E-state index contributed by atoms with van der Waals surface area (Å²) in [6.45, 7) is 4.23. The Balaban J connectivity index is 1.92. The Labute approximate surface area is 114 Å². The number of rotatable bonds is 7. The van der Waals surface area contributed by atoms with Gasteiger partial charge in [0.25, 0.3) is 10.2 Å². The van der Waals surface area contributed by atoms with Crippen molar-refractivity contribution in [2.24, 2.45) is 5.92 Å². The second-order valence-corrected chi connectivity index (χ2v) is 7.00. The number of hydrogen-bond donors (Lipinski definition) is 1. The molecule has 1 aromatic heterocycles. The summed E-state index contributed by atoms with van der Waals surface area (Å²) >= 11 is 0. The van der Waals surface area contributed by atoms with Gasteiger partial charge in [0.1, 0.15) is 12.7 Å². The van der Waals surface area contributed by atoms with Crippen molar-refractivity contribution >= 4 is 10.2 Å². The molecule has 0 bridgehead atoms. The predicted molar refractivity (Wildman–Crippen MR) is 71.5 cm³/mol. The van der Waals surface area contributed by atoms with Crippen LogP contribution in [0.25, 0.3) is 0 Å². The Hall–Kier alpha value is -0.990. The molecular formula is C11H21N5O2S. The molecule has 1 saturated carbocycles. The second-order valence-electron chi connectivity index (χ2n) is 5.24. The highest BCUT2D eigenvalue weighted by molar-refractivity contribution is 7.87. The summed E-state index contributed by atoms with van der Waals surface area (Å²) in [6, 6.07) is -0.184. The number of nitrogens with one attached hydrogen (secondary N) is 1. The molecule has 8 heteroatoms. The molecule has 1 heterocycles. The zero-order valence-electron chi connectivity index (χ0n) is 11.5. The molecule has 0 aromatic carbocycles. The number of nitrogens with zero attached hydrogens (tertiary/aromatic N) is 4. The molecule has 0 radical (unpaired) electrons. The lowest BCUT2D eigenvalue weighted by atomic mass is 10.2. The van der Waals surface area contributed by atoms with Crippen LogP contribution in [0.5, 0.6) is 0 Å². The van der Waals surface area contributed by atoms with E-state index in [4.69, 9.17) is 0 Å². The van der Waals surface area contributed by atoms with E-state index in [1.165, 1.54) is 10.6 Å². The average molecular weight is 287 g/mol. The van der Waals surface area contributed by atoms with Gasteiger partial charge in [0, 0.05) is 19.1 Å². The third-order valence-corrected chi connectivity index (χ3v) is 5.33. The predicted octanol–water partition coefficient (Wildman–Crippen LogP) is 0.231. The Morgan fingerprint density at radius 3 is 2.68 bits per heavy atom. The minimum atomic E-state index is -3.45. The molecule has 0 spiro atoms. The first-order chi connectivity index (χ1) is 8.90. The van der Waals surface area contributed by atoms with Crippen LogP contribution in [0, 0.1) is 5.92 Å². The lowest BCUT2D eigenvalue weighted by molar-refractivity contribution is 0.345. The molecule has 19 heavy (non-hydrogen) atoms. The molecule has 1 aliphatic rings. The first-order valence-electron chi connectivity index (χ1n) is 6.48. The van der Waals surface area contributed by atoms with Crippen LogP contribution < -0.4 is 4.72 Å². The summed E-state index contributed by atoms with van der Waals surface area (Å²) in [5.41, 5.74) is 0. The van der Waals surface area contributed by atoms with Crippen LogP contribution in [-0.4, -0.2) is 46.6 Å². The Kier molecular flexibility index (Phi) is 4.22. The van der Waals surface area contributed by atoms with Gasteiger partial charge in [-0.2, -0.15) is 22.5 Å². The molecule has 2 atom stereocenters. The van der Waals surface area contributed by atoms with Gasteiger partial charge in [-0.1, -0.05) is 0 Å². The average Bonchev–Trinajstić information content (AvgIpc) is 3.06. The molecule has 108 valence electrons. The molecule has 1 aliphatic carbocycles.